The fourth-order valence-corrected chi connectivity index (χ4v) is 3.01. The summed E-state index contributed by atoms with van der Waals surface area (Å²) in [6, 6.07) is 8.26. The number of anilines is 1. The molecule has 0 aliphatic carbocycles. The molecule has 0 atom stereocenters. The van der Waals surface area contributed by atoms with Crippen molar-refractivity contribution in [3.63, 3.8) is 0 Å². The van der Waals surface area contributed by atoms with E-state index < -0.39 is 0 Å². The number of hydrogen-bond donors (Lipinski definition) is 2. The van der Waals surface area contributed by atoms with Gasteiger partial charge >= 0.3 is 0 Å². The van der Waals surface area contributed by atoms with Gasteiger partial charge in [-0.15, -0.1) is 0 Å². The second-order valence-corrected chi connectivity index (χ2v) is 8.96. The Morgan fingerprint density at radius 3 is 2.41 bits per heavy atom. The van der Waals surface area contributed by atoms with E-state index in [9.17, 15) is 9.59 Å². The average molecular weight is 467 g/mol. The summed E-state index contributed by atoms with van der Waals surface area (Å²) in [5.74, 6) is 0.848. The van der Waals surface area contributed by atoms with Gasteiger partial charge in [0.25, 0.3) is 17.8 Å². The second-order valence-electron chi connectivity index (χ2n) is 8.96. The lowest BCUT2D eigenvalue weighted by Gasteiger charge is -2.13. The Labute approximate surface area is 198 Å². The molecule has 0 saturated heterocycles. The number of amides is 2. The molecule has 0 aliphatic heterocycles. The number of methoxy groups -OCH3 is 1. The molecule has 0 radical (unpaired) electrons. The van der Waals surface area contributed by atoms with E-state index in [1.807, 2.05) is 34.6 Å². The first-order valence-corrected chi connectivity index (χ1v) is 10.9. The number of carbonyl (C=O) groups excluding carboxylic acids is 2. The Balaban J connectivity index is 1.83. The van der Waals surface area contributed by atoms with Gasteiger partial charge in [-0.3, -0.25) is 9.59 Å². The minimum atomic E-state index is -0.375. The fraction of sp³-hybridized carbons (Fsp3) is 0.375. The standard InChI is InChI=1S/C24H30N6O4/c1-15(2)27-21(31)14-34-17-9-8-16(12-18(17)33-6)22(32)28-20-13-19(24(3,4)5)29-30(20)23-25-10-7-11-26-23/h7-13,15H,14H2,1-6H3,(H,27,31)(H,28,32). The van der Waals surface area contributed by atoms with Crippen molar-refractivity contribution < 1.29 is 19.1 Å². The van der Waals surface area contributed by atoms with E-state index in [0.29, 0.717) is 28.8 Å². The van der Waals surface area contributed by atoms with E-state index in [2.05, 4.69) is 25.7 Å². The van der Waals surface area contributed by atoms with Gasteiger partial charge in [-0.05, 0) is 38.1 Å². The van der Waals surface area contributed by atoms with Crippen molar-refractivity contribution in [3.8, 4) is 17.4 Å². The van der Waals surface area contributed by atoms with Crippen molar-refractivity contribution in [2.24, 2.45) is 0 Å². The topological polar surface area (TPSA) is 120 Å². The van der Waals surface area contributed by atoms with E-state index >= 15 is 0 Å². The quantitative estimate of drug-likeness (QED) is 0.523. The summed E-state index contributed by atoms with van der Waals surface area (Å²) in [7, 11) is 1.47. The Hall–Kier alpha value is -3.95. The van der Waals surface area contributed by atoms with E-state index in [1.165, 1.54) is 11.8 Å². The van der Waals surface area contributed by atoms with Crippen molar-refractivity contribution in [1.29, 1.82) is 0 Å². The zero-order chi connectivity index (χ0) is 24.9. The van der Waals surface area contributed by atoms with Crippen LogP contribution in [0.5, 0.6) is 11.5 Å². The molecule has 0 aliphatic rings. The van der Waals surface area contributed by atoms with E-state index in [1.54, 1.807) is 42.7 Å². The van der Waals surface area contributed by atoms with Crippen LogP contribution in [0, 0.1) is 0 Å². The Morgan fingerprint density at radius 2 is 1.79 bits per heavy atom. The van der Waals surface area contributed by atoms with E-state index in [-0.39, 0.29) is 29.9 Å². The molecule has 2 N–H and O–H groups in total. The highest BCUT2D eigenvalue weighted by atomic mass is 16.5. The van der Waals surface area contributed by atoms with Crippen LogP contribution >= 0.6 is 0 Å². The summed E-state index contributed by atoms with van der Waals surface area (Å²) in [6.07, 6.45) is 3.22. The first kappa shape index (κ1) is 24.7. The third-order valence-electron chi connectivity index (χ3n) is 4.70. The third-order valence-corrected chi connectivity index (χ3v) is 4.70. The first-order valence-electron chi connectivity index (χ1n) is 10.9. The van der Waals surface area contributed by atoms with Crippen LogP contribution in [0.1, 0.15) is 50.7 Å². The molecular weight excluding hydrogens is 436 g/mol. The third kappa shape index (κ3) is 6.09. The number of aromatic nitrogens is 4. The van der Waals surface area contributed by atoms with Gasteiger partial charge in [0, 0.05) is 35.5 Å². The highest BCUT2D eigenvalue weighted by Crippen LogP contribution is 2.29. The summed E-state index contributed by atoms with van der Waals surface area (Å²) in [4.78, 5) is 33.4. The van der Waals surface area contributed by atoms with Crippen molar-refractivity contribution in [1.82, 2.24) is 25.1 Å². The molecule has 10 nitrogen and oxygen atoms in total. The maximum absolute atomic E-state index is 13.1. The van der Waals surface area contributed by atoms with Crippen LogP contribution in [-0.2, 0) is 10.2 Å². The highest BCUT2D eigenvalue weighted by molar-refractivity contribution is 6.04. The SMILES string of the molecule is COc1cc(C(=O)Nc2cc(C(C)(C)C)nn2-c2ncccn2)ccc1OCC(=O)NC(C)C. The summed E-state index contributed by atoms with van der Waals surface area (Å²) in [5, 5.41) is 10.2. The van der Waals surface area contributed by atoms with Crippen LogP contribution in [0.15, 0.2) is 42.7 Å². The maximum atomic E-state index is 13.1. The number of nitrogens with zero attached hydrogens (tertiary/aromatic N) is 4. The van der Waals surface area contributed by atoms with Crippen LogP contribution in [0.25, 0.3) is 5.95 Å². The van der Waals surface area contributed by atoms with Crippen LogP contribution < -0.4 is 20.1 Å². The molecule has 2 aromatic heterocycles. The fourth-order valence-electron chi connectivity index (χ4n) is 3.01. The summed E-state index contributed by atoms with van der Waals surface area (Å²) in [6.45, 7) is 9.66. The van der Waals surface area contributed by atoms with Crippen LogP contribution in [0.3, 0.4) is 0 Å². The molecule has 0 spiro atoms. The number of benzene rings is 1. The van der Waals surface area contributed by atoms with Crippen LogP contribution in [0.4, 0.5) is 5.82 Å². The minimum absolute atomic E-state index is 0.0117. The molecule has 0 unspecified atom stereocenters. The molecule has 34 heavy (non-hydrogen) atoms. The summed E-state index contributed by atoms with van der Waals surface area (Å²) < 4.78 is 12.4. The smallest absolute Gasteiger partial charge is 0.258 e. The van der Waals surface area contributed by atoms with Crippen molar-refractivity contribution >= 4 is 17.6 Å². The molecule has 3 aromatic rings. The zero-order valence-electron chi connectivity index (χ0n) is 20.2. The van der Waals surface area contributed by atoms with Crippen molar-refractivity contribution in [2.75, 3.05) is 19.0 Å². The van der Waals surface area contributed by atoms with Gasteiger partial charge in [0.2, 0.25) is 0 Å². The van der Waals surface area contributed by atoms with Gasteiger partial charge in [-0.2, -0.15) is 9.78 Å². The molecule has 2 heterocycles. The molecule has 0 fully saturated rings. The molecule has 0 bridgehead atoms. The molecular formula is C24H30N6O4. The number of carbonyl (C=O) groups is 2. The first-order chi connectivity index (χ1) is 16.1. The van der Waals surface area contributed by atoms with Crippen LogP contribution in [0.2, 0.25) is 0 Å². The molecule has 0 saturated carbocycles. The Morgan fingerprint density at radius 1 is 1.09 bits per heavy atom. The van der Waals surface area contributed by atoms with Gasteiger partial charge in [-0.1, -0.05) is 20.8 Å². The number of rotatable bonds is 8. The lowest BCUT2D eigenvalue weighted by molar-refractivity contribution is -0.123. The largest absolute Gasteiger partial charge is 0.493 e. The molecule has 3 rings (SSSR count). The Kier molecular flexibility index (Phi) is 7.50. The monoisotopic (exact) mass is 466 g/mol. The average Bonchev–Trinajstić information content (AvgIpc) is 3.22. The lowest BCUT2D eigenvalue weighted by atomic mass is 9.92. The molecule has 2 amide bonds. The molecule has 1 aromatic carbocycles. The zero-order valence-corrected chi connectivity index (χ0v) is 20.2. The number of nitrogens with one attached hydrogen (secondary N) is 2. The lowest BCUT2D eigenvalue weighted by Crippen LogP contribution is -2.34. The number of hydrogen-bond acceptors (Lipinski definition) is 7. The normalized spacial score (nSPS) is 11.3. The van der Waals surface area contributed by atoms with Crippen LogP contribution in [-0.4, -0.2) is 51.3 Å². The molecule has 10 heteroatoms. The Bertz CT molecular complexity index is 1150. The van der Waals surface area contributed by atoms with Gasteiger partial charge in [0.15, 0.2) is 18.1 Å². The van der Waals surface area contributed by atoms with Gasteiger partial charge in [-0.25, -0.2) is 9.97 Å². The van der Waals surface area contributed by atoms with E-state index in [4.69, 9.17) is 9.47 Å². The van der Waals surface area contributed by atoms with Gasteiger partial charge in [0.05, 0.1) is 12.8 Å². The minimum Gasteiger partial charge on any atom is -0.493 e. The molecule has 180 valence electrons. The van der Waals surface area contributed by atoms with Gasteiger partial charge in [0.1, 0.15) is 5.82 Å². The summed E-state index contributed by atoms with van der Waals surface area (Å²) >= 11 is 0. The highest BCUT2D eigenvalue weighted by Gasteiger charge is 2.23. The predicted molar refractivity (Wildman–Crippen MR) is 128 cm³/mol. The number of ether oxygens (including phenoxy) is 2. The van der Waals surface area contributed by atoms with Crippen molar-refractivity contribution in [3.05, 3.63) is 54.0 Å². The van der Waals surface area contributed by atoms with Crippen molar-refractivity contribution in [2.45, 2.75) is 46.1 Å². The predicted octanol–water partition coefficient (Wildman–Crippen LogP) is 3.12. The maximum Gasteiger partial charge on any atom is 0.258 e. The van der Waals surface area contributed by atoms with E-state index in [0.717, 1.165) is 5.69 Å². The van der Waals surface area contributed by atoms with Gasteiger partial charge < -0.3 is 20.1 Å². The summed E-state index contributed by atoms with van der Waals surface area (Å²) in [5.41, 5.74) is 0.870. The second kappa shape index (κ2) is 10.3.